The molecule has 26 heavy (non-hydrogen) atoms. The van der Waals surface area contributed by atoms with Crippen LogP contribution in [-0.4, -0.2) is 45.9 Å². The lowest BCUT2D eigenvalue weighted by Gasteiger charge is -2.37. The fourth-order valence-electron chi connectivity index (χ4n) is 3.48. The monoisotopic (exact) mass is 496 g/mol. The molecule has 144 valence electrons. The van der Waals surface area contributed by atoms with E-state index in [-0.39, 0.29) is 23.4 Å². The number of aromatic nitrogens is 1. The van der Waals surface area contributed by atoms with E-state index in [2.05, 4.69) is 32.6 Å². The summed E-state index contributed by atoms with van der Waals surface area (Å²) in [5.41, 5.74) is 1.37. The maximum absolute atomic E-state index is 13.3. The summed E-state index contributed by atoms with van der Waals surface area (Å²) in [6.07, 6.45) is 2.27. The predicted octanol–water partition coefficient (Wildman–Crippen LogP) is 3.82. The quantitative estimate of drug-likeness (QED) is 0.284. The first-order valence-electron chi connectivity index (χ1n) is 8.61. The third-order valence-corrected chi connectivity index (χ3v) is 6.95. The van der Waals surface area contributed by atoms with Gasteiger partial charge in [0.25, 0.3) is 10.1 Å². The van der Waals surface area contributed by atoms with Gasteiger partial charge in [-0.3, -0.25) is 9.45 Å². The molecule has 0 spiro atoms. The number of rotatable bonds is 6. The van der Waals surface area contributed by atoms with Crippen LogP contribution in [0.15, 0.2) is 22.7 Å². The Morgan fingerprint density at radius 2 is 2.27 bits per heavy atom. The summed E-state index contributed by atoms with van der Waals surface area (Å²) in [6.45, 7) is 3.67. The lowest BCUT2D eigenvalue weighted by molar-refractivity contribution is 0.173. The van der Waals surface area contributed by atoms with Gasteiger partial charge in [-0.25, -0.2) is 4.39 Å². The average Bonchev–Trinajstić information content (AvgIpc) is 2.97. The molecule has 3 unspecified atom stereocenters. The van der Waals surface area contributed by atoms with Gasteiger partial charge in [0.15, 0.2) is 5.58 Å². The molecule has 1 aromatic heterocycles. The lowest BCUT2D eigenvalue weighted by atomic mass is 9.91. The van der Waals surface area contributed by atoms with Crippen molar-refractivity contribution in [3.63, 3.8) is 0 Å². The summed E-state index contributed by atoms with van der Waals surface area (Å²) in [4.78, 5) is 2.34. The van der Waals surface area contributed by atoms with Gasteiger partial charge in [-0.2, -0.15) is 8.42 Å². The number of halogens is 2. The number of piperidine rings is 1. The van der Waals surface area contributed by atoms with Crippen LogP contribution >= 0.6 is 22.6 Å². The molecular formula is C17H22FIN2O4S. The van der Waals surface area contributed by atoms with E-state index in [0.717, 1.165) is 37.0 Å². The van der Waals surface area contributed by atoms with Gasteiger partial charge < -0.3 is 4.52 Å². The zero-order valence-corrected chi connectivity index (χ0v) is 17.4. The van der Waals surface area contributed by atoms with Gasteiger partial charge >= 0.3 is 0 Å². The smallest absolute Gasteiger partial charge is 0.264 e. The highest BCUT2D eigenvalue weighted by Crippen LogP contribution is 2.37. The second-order valence-electron chi connectivity index (χ2n) is 7.04. The summed E-state index contributed by atoms with van der Waals surface area (Å²) in [7, 11) is -3.90. The van der Waals surface area contributed by atoms with Crippen LogP contribution in [0.1, 0.15) is 37.8 Å². The van der Waals surface area contributed by atoms with Crippen molar-refractivity contribution in [3.05, 3.63) is 29.7 Å². The molecule has 3 atom stereocenters. The molecule has 1 saturated heterocycles. The topological polar surface area (TPSA) is 83.6 Å². The Bertz CT molecular complexity index is 873. The van der Waals surface area contributed by atoms with Gasteiger partial charge in [0, 0.05) is 23.9 Å². The molecule has 1 fully saturated rings. The minimum atomic E-state index is -3.90. The number of fused-ring (bicyclic) bond motifs is 1. The van der Waals surface area contributed by atoms with Gasteiger partial charge in [0.1, 0.15) is 5.82 Å². The van der Waals surface area contributed by atoms with Crippen LogP contribution in [0.4, 0.5) is 4.39 Å². The lowest BCUT2D eigenvalue weighted by Crippen LogP contribution is -2.41. The van der Waals surface area contributed by atoms with Crippen molar-refractivity contribution < 1.29 is 21.9 Å². The molecule has 2 aromatic rings. The number of hydrogen-bond donors (Lipinski definition) is 1. The van der Waals surface area contributed by atoms with Gasteiger partial charge in [-0.15, -0.1) is 0 Å². The molecule has 1 aliphatic rings. The normalized spacial score (nSPS) is 23.4. The SMILES string of the molecule is CC(CCS(=O)(=O)O)CN1CCC(c2noc3cc(F)ccc23)CC1I. The highest BCUT2D eigenvalue weighted by Gasteiger charge is 2.31. The molecular weight excluding hydrogens is 474 g/mol. The molecule has 0 saturated carbocycles. The van der Waals surface area contributed by atoms with E-state index in [1.807, 2.05) is 6.92 Å². The summed E-state index contributed by atoms with van der Waals surface area (Å²) in [5.74, 6) is -0.0897. The Morgan fingerprint density at radius 1 is 1.50 bits per heavy atom. The minimum Gasteiger partial charge on any atom is -0.356 e. The van der Waals surface area contributed by atoms with Gasteiger partial charge in [0.05, 0.1) is 15.5 Å². The molecule has 1 aromatic carbocycles. The molecule has 1 aliphatic heterocycles. The largest absolute Gasteiger partial charge is 0.356 e. The maximum atomic E-state index is 13.3. The van der Waals surface area contributed by atoms with E-state index in [1.165, 1.54) is 12.1 Å². The third kappa shape index (κ3) is 4.93. The van der Waals surface area contributed by atoms with Gasteiger partial charge in [0.2, 0.25) is 0 Å². The Kier molecular flexibility index (Phi) is 6.20. The molecule has 1 N–H and O–H groups in total. The van der Waals surface area contributed by atoms with E-state index >= 15 is 0 Å². The first-order chi connectivity index (χ1) is 12.2. The first-order valence-corrected chi connectivity index (χ1v) is 11.5. The van der Waals surface area contributed by atoms with E-state index in [1.54, 1.807) is 6.07 Å². The summed E-state index contributed by atoms with van der Waals surface area (Å²) >= 11 is 2.41. The van der Waals surface area contributed by atoms with Crippen molar-refractivity contribution in [3.8, 4) is 0 Å². The molecule has 2 heterocycles. The standard InChI is InChI=1S/C17H22FIN2O4S/c1-11(5-7-26(22,23)24)10-21-6-4-12(8-16(21)19)17-14-3-2-13(18)9-15(14)25-20-17/h2-3,9,11-12,16H,4-8,10H2,1H3,(H,22,23,24). The van der Waals surface area contributed by atoms with Crippen LogP contribution in [0, 0.1) is 11.7 Å². The second kappa shape index (κ2) is 8.07. The fraction of sp³-hybridized carbons (Fsp3) is 0.588. The zero-order valence-electron chi connectivity index (χ0n) is 14.4. The Balaban J connectivity index is 1.61. The van der Waals surface area contributed by atoms with Crippen LogP contribution in [0.3, 0.4) is 0 Å². The molecule has 9 heteroatoms. The van der Waals surface area contributed by atoms with Gasteiger partial charge in [-0.1, -0.05) is 34.7 Å². The first kappa shape index (κ1) is 20.0. The molecule has 0 amide bonds. The Hall–Kier alpha value is -0.780. The van der Waals surface area contributed by atoms with E-state index < -0.39 is 10.1 Å². The van der Waals surface area contributed by atoms with Crippen LogP contribution in [0.5, 0.6) is 0 Å². The fourth-order valence-corrected chi connectivity index (χ4v) is 5.30. The van der Waals surface area contributed by atoms with Crippen molar-refractivity contribution in [2.24, 2.45) is 5.92 Å². The van der Waals surface area contributed by atoms with Gasteiger partial charge in [-0.05, 0) is 43.9 Å². The van der Waals surface area contributed by atoms with Crippen LogP contribution < -0.4 is 0 Å². The average molecular weight is 496 g/mol. The molecule has 0 aliphatic carbocycles. The van der Waals surface area contributed by atoms with E-state index in [9.17, 15) is 12.8 Å². The number of benzene rings is 1. The van der Waals surface area contributed by atoms with E-state index in [4.69, 9.17) is 9.08 Å². The Labute approximate surface area is 166 Å². The highest BCUT2D eigenvalue weighted by atomic mass is 127. The van der Waals surface area contributed by atoms with Crippen molar-refractivity contribution >= 4 is 43.7 Å². The molecule has 0 radical (unpaired) electrons. The summed E-state index contributed by atoms with van der Waals surface area (Å²) in [6, 6.07) is 4.51. The summed E-state index contributed by atoms with van der Waals surface area (Å²) < 4.78 is 49.6. The van der Waals surface area contributed by atoms with Crippen LogP contribution in [0.2, 0.25) is 0 Å². The molecule has 6 nitrogen and oxygen atoms in total. The van der Waals surface area contributed by atoms with Crippen LogP contribution in [-0.2, 0) is 10.1 Å². The van der Waals surface area contributed by atoms with Crippen molar-refractivity contribution in [2.75, 3.05) is 18.8 Å². The highest BCUT2D eigenvalue weighted by molar-refractivity contribution is 14.1. The molecule has 3 rings (SSSR count). The molecule has 0 bridgehead atoms. The van der Waals surface area contributed by atoms with E-state index in [0.29, 0.717) is 16.1 Å². The summed E-state index contributed by atoms with van der Waals surface area (Å²) in [5, 5.41) is 5.05. The van der Waals surface area contributed by atoms with Crippen molar-refractivity contribution in [1.29, 1.82) is 0 Å². The maximum Gasteiger partial charge on any atom is 0.264 e. The van der Waals surface area contributed by atoms with Crippen LogP contribution in [0.25, 0.3) is 11.0 Å². The number of alkyl halides is 1. The predicted molar refractivity (Wildman–Crippen MR) is 106 cm³/mol. The van der Waals surface area contributed by atoms with Crippen molar-refractivity contribution in [2.45, 2.75) is 36.2 Å². The number of hydrogen-bond acceptors (Lipinski definition) is 5. The second-order valence-corrected chi connectivity index (χ2v) is 10.0. The zero-order chi connectivity index (χ0) is 18.9. The van der Waals surface area contributed by atoms with Crippen molar-refractivity contribution in [1.82, 2.24) is 10.1 Å². The Morgan fingerprint density at radius 3 is 2.96 bits per heavy atom. The number of nitrogens with zero attached hydrogens (tertiary/aromatic N) is 2. The number of likely N-dealkylation sites (tertiary alicyclic amines) is 1. The minimum absolute atomic E-state index is 0.182. The third-order valence-electron chi connectivity index (χ3n) is 4.90.